The molecule has 2 atom stereocenters. The molecule has 0 bridgehead atoms. The van der Waals surface area contributed by atoms with Crippen LogP contribution >= 0.6 is 15.9 Å². The summed E-state index contributed by atoms with van der Waals surface area (Å²) < 4.78 is 1.11. The van der Waals surface area contributed by atoms with Crippen LogP contribution in [0.15, 0.2) is 150 Å². The molecule has 1 fully saturated rings. The Bertz CT molecular complexity index is 1710. The summed E-state index contributed by atoms with van der Waals surface area (Å²) in [5.41, 5.74) is 9.23. The lowest BCUT2D eigenvalue weighted by Crippen LogP contribution is -2.12. The van der Waals surface area contributed by atoms with E-state index in [2.05, 4.69) is 162 Å². The van der Waals surface area contributed by atoms with E-state index in [1.165, 1.54) is 49.7 Å². The van der Waals surface area contributed by atoms with Crippen LogP contribution in [0.25, 0.3) is 33.0 Å². The fraction of sp³-hybridized carbons (Fsp3) is 0.0811. The van der Waals surface area contributed by atoms with Crippen molar-refractivity contribution in [2.75, 3.05) is 0 Å². The summed E-state index contributed by atoms with van der Waals surface area (Å²) in [4.78, 5) is 0. The summed E-state index contributed by atoms with van der Waals surface area (Å²) in [6.45, 7) is 0. The number of benzene rings is 6. The van der Waals surface area contributed by atoms with Gasteiger partial charge in [-0.25, -0.2) is 0 Å². The minimum Gasteiger partial charge on any atom is -0.0622 e. The maximum atomic E-state index is 3.55. The molecule has 0 amide bonds. The van der Waals surface area contributed by atoms with Gasteiger partial charge in [-0.15, -0.1) is 0 Å². The average molecular weight is 552 g/mol. The summed E-state index contributed by atoms with van der Waals surface area (Å²) in [7, 11) is 0. The van der Waals surface area contributed by atoms with E-state index >= 15 is 0 Å². The predicted molar refractivity (Wildman–Crippen MR) is 164 cm³/mol. The summed E-state index contributed by atoms with van der Waals surface area (Å²) in [5.74, 6) is 0.440. The van der Waals surface area contributed by atoms with E-state index in [4.69, 9.17) is 0 Å². The smallest absolute Gasteiger partial charge is 0.0284 e. The van der Waals surface area contributed by atoms with Crippen LogP contribution < -0.4 is 0 Å². The molecule has 6 aromatic carbocycles. The quantitative estimate of drug-likeness (QED) is 0.200. The fourth-order valence-electron chi connectivity index (χ4n) is 6.19. The normalized spacial score (nSPS) is 18.4. The SMILES string of the molecule is Brc1ccc(-c2ccc(C3CC3(c3ccc(-c4ccccc4)cc3)c3cccc4ccccc34)cc2)cc1. The first-order valence-electron chi connectivity index (χ1n) is 13.2. The Hall–Kier alpha value is -3.94. The molecular formula is C37H27Br. The van der Waals surface area contributed by atoms with Crippen molar-refractivity contribution in [2.24, 2.45) is 0 Å². The molecule has 1 aliphatic carbocycles. The van der Waals surface area contributed by atoms with Crippen LogP contribution in [0.3, 0.4) is 0 Å². The largest absolute Gasteiger partial charge is 0.0622 e. The minimum atomic E-state index is -0.0325. The van der Waals surface area contributed by atoms with Crippen molar-refractivity contribution in [3.05, 3.63) is 167 Å². The predicted octanol–water partition coefficient (Wildman–Crippen LogP) is 10.4. The van der Waals surface area contributed by atoms with Crippen molar-refractivity contribution in [1.29, 1.82) is 0 Å². The molecule has 1 aliphatic rings. The molecule has 1 heteroatoms. The molecule has 0 aromatic heterocycles. The van der Waals surface area contributed by atoms with E-state index in [-0.39, 0.29) is 5.41 Å². The molecule has 0 spiro atoms. The van der Waals surface area contributed by atoms with E-state index in [9.17, 15) is 0 Å². The van der Waals surface area contributed by atoms with Gasteiger partial charge in [0.25, 0.3) is 0 Å². The molecule has 0 saturated heterocycles. The minimum absolute atomic E-state index is 0.0325. The third-order valence-corrected chi connectivity index (χ3v) is 8.76. The molecule has 0 heterocycles. The van der Waals surface area contributed by atoms with Crippen molar-refractivity contribution < 1.29 is 0 Å². The molecule has 7 rings (SSSR count). The van der Waals surface area contributed by atoms with Crippen LogP contribution in [0, 0.1) is 0 Å². The van der Waals surface area contributed by atoms with Gasteiger partial charge in [-0.2, -0.15) is 0 Å². The van der Waals surface area contributed by atoms with Crippen LogP contribution in [0.4, 0.5) is 0 Å². The maximum absolute atomic E-state index is 3.55. The van der Waals surface area contributed by atoms with E-state index in [1.807, 2.05) is 0 Å². The van der Waals surface area contributed by atoms with E-state index in [0.29, 0.717) is 5.92 Å². The van der Waals surface area contributed by atoms with Crippen molar-refractivity contribution in [3.8, 4) is 22.3 Å². The fourth-order valence-corrected chi connectivity index (χ4v) is 6.46. The second-order valence-corrected chi connectivity index (χ2v) is 11.2. The Morgan fingerprint density at radius 1 is 0.500 bits per heavy atom. The first kappa shape index (κ1) is 23.2. The number of hydrogen-bond acceptors (Lipinski definition) is 0. The Balaban J connectivity index is 1.31. The molecule has 182 valence electrons. The zero-order valence-corrected chi connectivity index (χ0v) is 22.6. The Morgan fingerprint density at radius 2 is 1.05 bits per heavy atom. The Kier molecular flexibility index (Phi) is 5.75. The van der Waals surface area contributed by atoms with Crippen LogP contribution in [-0.2, 0) is 5.41 Å². The van der Waals surface area contributed by atoms with Gasteiger partial charge in [0, 0.05) is 9.89 Å². The van der Waals surface area contributed by atoms with E-state index < -0.39 is 0 Å². The van der Waals surface area contributed by atoms with Gasteiger partial charge in [0.2, 0.25) is 0 Å². The van der Waals surface area contributed by atoms with Crippen LogP contribution in [-0.4, -0.2) is 0 Å². The Labute approximate surface area is 232 Å². The highest BCUT2D eigenvalue weighted by Crippen LogP contribution is 2.65. The zero-order valence-electron chi connectivity index (χ0n) is 21.0. The van der Waals surface area contributed by atoms with Crippen molar-refractivity contribution in [2.45, 2.75) is 17.8 Å². The first-order valence-corrected chi connectivity index (χ1v) is 14.0. The molecule has 0 N–H and O–H groups in total. The lowest BCUT2D eigenvalue weighted by Gasteiger charge is -2.22. The first-order chi connectivity index (χ1) is 18.7. The van der Waals surface area contributed by atoms with Crippen LogP contribution in [0.2, 0.25) is 0 Å². The zero-order chi connectivity index (χ0) is 25.5. The van der Waals surface area contributed by atoms with E-state index in [0.717, 1.165) is 10.9 Å². The topological polar surface area (TPSA) is 0 Å². The highest BCUT2D eigenvalue weighted by Gasteiger charge is 2.57. The van der Waals surface area contributed by atoms with Crippen LogP contribution in [0.5, 0.6) is 0 Å². The number of hydrogen-bond donors (Lipinski definition) is 0. The van der Waals surface area contributed by atoms with Gasteiger partial charge in [0.1, 0.15) is 0 Å². The molecule has 0 radical (unpaired) electrons. The third-order valence-electron chi connectivity index (χ3n) is 8.23. The van der Waals surface area contributed by atoms with Gasteiger partial charge in [-0.1, -0.05) is 149 Å². The second-order valence-electron chi connectivity index (χ2n) is 10.3. The number of fused-ring (bicyclic) bond motifs is 1. The lowest BCUT2D eigenvalue weighted by molar-refractivity contribution is 0.812. The van der Waals surface area contributed by atoms with Gasteiger partial charge >= 0.3 is 0 Å². The van der Waals surface area contributed by atoms with Crippen molar-refractivity contribution in [1.82, 2.24) is 0 Å². The van der Waals surface area contributed by atoms with Gasteiger partial charge in [0.05, 0.1) is 0 Å². The van der Waals surface area contributed by atoms with Crippen molar-refractivity contribution in [3.63, 3.8) is 0 Å². The lowest BCUT2D eigenvalue weighted by atomic mass is 9.81. The van der Waals surface area contributed by atoms with Gasteiger partial charge in [0.15, 0.2) is 0 Å². The molecule has 6 aromatic rings. The third kappa shape index (κ3) is 3.99. The molecule has 0 nitrogen and oxygen atoms in total. The van der Waals surface area contributed by atoms with Crippen molar-refractivity contribution >= 4 is 26.7 Å². The highest BCUT2D eigenvalue weighted by atomic mass is 79.9. The van der Waals surface area contributed by atoms with Gasteiger partial charge < -0.3 is 0 Å². The average Bonchev–Trinajstić information content (AvgIpc) is 3.75. The number of rotatable bonds is 5. The molecular weight excluding hydrogens is 524 g/mol. The second kappa shape index (κ2) is 9.42. The standard InChI is InChI=1S/C37H27Br/c38-33-23-19-29(20-24-33)27-13-15-31(16-14-27)36-25-37(36,35-12-6-10-30-9-4-5-11-34(30)35)32-21-17-28(18-22-32)26-7-2-1-3-8-26/h1-24,36H,25H2. The van der Waals surface area contributed by atoms with Crippen LogP contribution in [0.1, 0.15) is 29.0 Å². The molecule has 1 saturated carbocycles. The van der Waals surface area contributed by atoms with Gasteiger partial charge in [-0.3, -0.25) is 0 Å². The number of halogens is 1. The molecule has 38 heavy (non-hydrogen) atoms. The molecule has 0 aliphatic heterocycles. The molecule has 2 unspecified atom stereocenters. The van der Waals surface area contributed by atoms with Gasteiger partial charge in [-0.05, 0) is 74.2 Å². The Morgan fingerprint density at radius 3 is 1.76 bits per heavy atom. The summed E-state index contributed by atoms with van der Waals surface area (Å²) >= 11 is 3.55. The maximum Gasteiger partial charge on any atom is 0.0284 e. The monoisotopic (exact) mass is 550 g/mol. The summed E-state index contributed by atoms with van der Waals surface area (Å²) in [6.07, 6.45) is 1.11. The van der Waals surface area contributed by atoms with E-state index in [1.54, 1.807) is 0 Å². The summed E-state index contributed by atoms with van der Waals surface area (Å²) in [5, 5.41) is 2.66. The summed E-state index contributed by atoms with van der Waals surface area (Å²) in [6, 6.07) is 53.4. The highest BCUT2D eigenvalue weighted by molar-refractivity contribution is 9.10.